The lowest BCUT2D eigenvalue weighted by Crippen LogP contribution is -2.13. The van der Waals surface area contributed by atoms with E-state index in [0.717, 1.165) is 42.6 Å². The molecular weight excluding hydrogens is 390 g/mol. The molecule has 0 spiro atoms. The van der Waals surface area contributed by atoms with Crippen LogP contribution in [0.5, 0.6) is 0 Å². The second-order valence-corrected chi connectivity index (χ2v) is 7.64. The van der Waals surface area contributed by atoms with E-state index in [1.165, 1.54) is 0 Å². The van der Waals surface area contributed by atoms with E-state index in [0.29, 0.717) is 18.4 Å². The molecule has 0 radical (unpaired) electrons. The number of aryl methyl sites for hydroxylation is 1. The topological polar surface area (TPSA) is 85.1 Å². The first kappa shape index (κ1) is 22.4. The largest absolute Gasteiger partial charge is 0.478 e. The van der Waals surface area contributed by atoms with Crippen LogP contribution in [0.1, 0.15) is 78.3 Å². The van der Waals surface area contributed by atoms with Crippen molar-refractivity contribution in [1.82, 2.24) is 14.8 Å². The number of carbonyl (C=O) groups excluding carboxylic acids is 1. The fourth-order valence-corrected chi connectivity index (χ4v) is 3.58. The third-order valence-corrected chi connectivity index (χ3v) is 5.31. The van der Waals surface area contributed by atoms with Gasteiger partial charge in [0.25, 0.3) is 0 Å². The minimum atomic E-state index is -0.984. The number of aromatic nitrogens is 3. The van der Waals surface area contributed by atoms with Crippen LogP contribution in [0.4, 0.5) is 0 Å². The zero-order valence-corrected chi connectivity index (χ0v) is 18.2. The van der Waals surface area contributed by atoms with E-state index in [4.69, 9.17) is 0 Å². The Bertz CT molecular complexity index is 1040. The molecule has 0 aliphatic rings. The minimum Gasteiger partial charge on any atom is -0.478 e. The number of benzene rings is 2. The van der Waals surface area contributed by atoms with Gasteiger partial charge >= 0.3 is 5.97 Å². The van der Waals surface area contributed by atoms with E-state index in [-0.39, 0.29) is 23.7 Å². The molecule has 0 atom stereocenters. The number of carboxylic acids is 1. The number of hydrogen-bond acceptors (Lipinski definition) is 4. The van der Waals surface area contributed by atoms with Gasteiger partial charge in [-0.3, -0.25) is 4.79 Å². The molecule has 162 valence electrons. The van der Waals surface area contributed by atoms with Crippen molar-refractivity contribution in [2.45, 2.75) is 58.9 Å². The maximum atomic E-state index is 12.5. The average Bonchev–Trinajstić information content (AvgIpc) is 3.19. The molecule has 3 aromatic rings. The van der Waals surface area contributed by atoms with Crippen molar-refractivity contribution in [2.75, 3.05) is 0 Å². The molecule has 0 aliphatic carbocycles. The molecule has 0 saturated heterocycles. The van der Waals surface area contributed by atoms with Crippen LogP contribution in [0.25, 0.3) is 11.1 Å². The lowest BCUT2D eigenvalue weighted by atomic mass is 9.95. The highest BCUT2D eigenvalue weighted by Gasteiger charge is 2.20. The molecule has 6 heteroatoms. The average molecular weight is 420 g/mol. The summed E-state index contributed by atoms with van der Waals surface area (Å²) >= 11 is 0. The Balaban J connectivity index is 2.05. The Morgan fingerprint density at radius 1 is 0.968 bits per heavy atom. The third-order valence-electron chi connectivity index (χ3n) is 5.31. The number of Topliss-reactive ketones (excluding diaryl/α,β-unsaturated/α-hetero) is 1. The molecule has 2 aromatic carbocycles. The Morgan fingerprint density at radius 2 is 1.71 bits per heavy atom. The molecule has 1 aromatic heterocycles. The summed E-state index contributed by atoms with van der Waals surface area (Å²) in [4.78, 5) is 29.0. The van der Waals surface area contributed by atoms with Gasteiger partial charge in [-0.15, -0.1) is 5.10 Å². The summed E-state index contributed by atoms with van der Waals surface area (Å²) < 4.78 is 1.71. The summed E-state index contributed by atoms with van der Waals surface area (Å²) in [5, 5.41) is 14.3. The Labute approximate surface area is 183 Å². The smallest absolute Gasteiger partial charge is 0.336 e. The first-order valence-corrected chi connectivity index (χ1v) is 10.9. The van der Waals surface area contributed by atoms with E-state index in [1.807, 2.05) is 43.3 Å². The van der Waals surface area contributed by atoms with E-state index in [9.17, 15) is 14.7 Å². The highest BCUT2D eigenvalue weighted by molar-refractivity contribution is 5.93. The third kappa shape index (κ3) is 5.45. The second-order valence-electron chi connectivity index (χ2n) is 7.64. The lowest BCUT2D eigenvalue weighted by molar-refractivity contribution is 0.0695. The van der Waals surface area contributed by atoms with Gasteiger partial charge in [-0.1, -0.05) is 69.2 Å². The molecule has 0 saturated carbocycles. The first-order chi connectivity index (χ1) is 15.0. The molecule has 6 nitrogen and oxygen atoms in total. The van der Waals surface area contributed by atoms with Crippen LogP contribution in [-0.2, 0) is 13.0 Å². The van der Waals surface area contributed by atoms with E-state index >= 15 is 0 Å². The van der Waals surface area contributed by atoms with Gasteiger partial charge in [0.15, 0.2) is 0 Å². The highest BCUT2D eigenvalue weighted by atomic mass is 16.4. The summed E-state index contributed by atoms with van der Waals surface area (Å²) in [6, 6.07) is 15.0. The molecule has 31 heavy (non-hydrogen) atoms. The second kappa shape index (κ2) is 10.7. The SMILES string of the molecule is CCCCC(=O)c1nc(CCCC)n(Cc2c(C(=O)O)cccc2-c2ccccc2)n1. The van der Waals surface area contributed by atoms with Crippen molar-refractivity contribution in [1.29, 1.82) is 0 Å². The molecule has 3 rings (SSSR count). The summed E-state index contributed by atoms with van der Waals surface area (Å²) in [5.41, 5.74) is 2.68. The summed E-state index contributed by atoms with van der Waals surface area (Å²) in [5.74, 6) is -0.0927. The predicted molar refractivity (Wildman–Crippen MR) is 120 cm³/mol. The van der Waals surface area contributed by atoms with Gasteiger partial charge in [-0.05, 0) is 35.6 Å². The Morgan fingerprint density at radius 3 is 2.39 bits per heavy atom. The fourth-order valence-electron chi connectivity index (χ4n) is 3.58. The number of carboxylic acid groups (broad SMARTS) is 1. The Hall–Kier alpha value is -3.28. The van der Waals surface area contributed by atoms with Crippen LogP contribution in [0.2, 0.25) is 0 Å². The van der Waals surface area contributed by atoms with Crippen LogP contribution in [0, 0.1) is 0 Å². The van der Waals surface area contributed by atoms with Crippen molar-refractivity contribution in [3.05, 3.63) is 71.3 Å². The van der Waals surface area contributed by atoms with Gasteiger partial charge < -0.3 is 5.11 Å². The first-order valence-electron chi connectivity index (χ1n) is 10.9. The number of hydrogen-bond donors (Lipinski definition) is 1. The van der Waals surface area contributed by atoms with E-state index in [2.05, 4.69) is 17.0 Å². The molecule has 0 amide bonds. The predicted octanol–water partition coefficient (Wildman–Crippen LogP) is 5.41. The van der Waals surface area contributed by atoms with Gasteiger partial charge in [-0.25, -0.2) is 14.5 Å². The molecule has 0 fully saturated rings. The molecule has 1 N–H and O–H groups in total. The number of aromatic carboxylic acids is 1. The summed E-state index contributed by atoms with van der Waals surface area (Å²) in [7, 11) is 0. The summed E-state index contributed by atoms with van der Waals surface area (Å²) in [6.07, 6.45) is 4.77. The van der Waals surface area contributed by atoms with Gasteiger partial charge in [0.1, 0.15) is 5.82 Å². The minimum absolute atomic E-state index is 0.0619. The van der Waals surface area contributed by atoms with Gasteiger partial charge in [0.2, 0.25) is 11.6 Å². The number of carbonyl (C=O) groups is 2. The molecule has 1 heterocycles. The maximum absolute atomic E-state index is 12.5. The van der Waals surface area contributed by atoms with Crippen molar-refractivity contribution >= 4 is 11.8 Å². The number of rotatable bonds is 11. The fraction of sp³-hybridized carbons (Fsp3) is 0.360. The van der Waals surface area contributed by atoms with Gasteiger partial charge in [0, 0.05) is 12.8 Å². The van der Waals surface area contributed by atoms with Crippen LogP contribution in [0.3, 0.4) is 0 Å². The van der Waals surface area contributed by atoms with Crippen LogP contribution < -0.4 is 0 Å². The zero-order chi connectivity index (χ0) is 22.2. The van der Waals surface area contributed by atoms with Crippen molar-refractivity contribution in [3.8, 4) is 11.1 Å². The van der Waals surface area contributed by atoms with Gasteiger partial charge in [0.05, 0.1) is 12.1 Å². The zero-order valence-electron chi connectivity index (χ0n) is 18.2. The van der Waals surface area contributed by atoms with E-state index < -0.39 is 5.97 Å². The lowest BCUT2D eigenvalue weighted by Gasteiger charge is -2.14. The molecule has 0 unspecified atom stereocenters. The van der Waals surface area contributed by atoms with Crippen molar-refractivity contribution in [2.24, 2.45) is 0 Å². The highest BCUT2D eigenvalue weighted by Crippen LogP contribution is 2.28. The summed E-state index contributed by atoms with van der Waals surface area (Å²) in [6.45, 7) is 4.39. The Kier molecular flexibility index (Phi) is 7.70. The van der Waals surface area contributed by atoms with Crippen molar-refractivity contribution < 1.29 is 14.7 Å². The standard InChI is InChI=1S/C25H29N3O3/c1-3-5-15-22(29)24-26-23(16-6-4-2)28(27-24)17-21-19(18-11-8-7-9-12-18)13-10-14-20(21)25(30)31/h7-14H,3-6,15-17H2,1-2H3,(H,30,31). The normalized spacial score (nSPS) is 10.9. The maximum Gasteiger partial charge on any atom is 0.336 e. The van der Waals surface area contributed by atoms with Crippen LogP contribution in [0.15, 0.2) is 48.5 Å². The number of nitrogens with zero attached hydrogens (tertiary/aromatic N) is 3. The molecule has 0 bridgehead atoms. The van der Waals surface area contributed by atoms with Crippen LogP contribution >= 0.6 is 0 Å². The molecular formula is C25H29N3O3. The van der Waals surface area contributed by atoms with E-state index in [1.54, 1.807) is 16.8 Å². The van der Waals surface area contributed by atoms with Gasteiger partial charge in [-0.2, -0.15) is 0 Å². The number of unbranched alkanes of at least 4 members (excludes halogenated alkanes) is 2. The monoisotopic (exact) mass is 419 g/mol. The molecule has 0 aliphatic heterocycles. The van der Waals surface area contributed by atoms with Crippen molar-refractivity contribution in [3.63, 3.8) is 0 Å². The van der Waals surface area contributed by atoms with Crippen LogP contribution in [-0.4, -0.2) is 31.6 Å². The number of ketones is 1. The quantitative estimate of drug-likeness (QED) is 0.420.